The molecule has 0 aliphatic carbocycles. The van der Waals surface area contributed by atoms with Crippen LogP contribution in [0.2, 0.25) is 0 Å². The zero-order valence-electron chi connectivity index (χ0n) is 59.5. The fourth-order valence-corrected chi connectivity index (χ4v) is 12.4. The van der Waals surface area contributed by atoms with E-state index in [2.05, 4.69) is 55.4 Å². The van der Waals surface area contributed by atoms with Crippen molar-refractivity contribution in [2.24, 2.45) is 23.7 Å². The minimum Gasteiger partial charge on any atom is -0.462 e. The number of unbranched alkanes of at least 4 members (excludes halogenated alkanes) is 34. The molecule has 3 N–H and O–H groups in total. The highest BCUT2D eigenvalue weighted by Crippen LogP contribution is 2.45. The second-order valence-electron chi connectivity index (χ2n) is 27.6. The van der Waals surface area contributed by atoms with Gasteiger partial charge in [-0.3, -0.25) is 37.3 Å². The third-order valence-electron chi connectivity index (χ3n) is 16.9. The maximum absolute atomic E-state index is 13.0. The lowest BCUT2D eigenvalue weighted by Crippen LogP contribution is -2.30. The minimum absolute atomic E-state index is 0.102. The Kier molecular flexibility index (Phi) is 60.3. The summed E-state index contributed by atoms with van der Waals surface area (Å²) < 4.78 is 68.3. The molecule has 0 aromatic heterocycles. The van der Waals surface area contributed by atoms with Crippen molar-refractivity contribution >= 4 is 39.5 Å². The van der Waals surface area contributed by atoms with Gasteiger partial charge in [-0.2, -0.15) is 0 Å². The lowest BCUT2D eigenvalue weighted by molar-refractivity contribution is -0.161. The molecule has 0 saturated carbocycles. The van der Waals surface area contributed by atoms with Crippen molar-refractivity contribution in [2.75, 3.05) is 39.6 Å². The normalized spacial score (nSPS) is 14.5. The molecule has 0 spiro atoms. The average molecular weight is 1340 g/mol. The largest absolute Gasteiger partial charge is 0.472 e. The first-order valence-corrected chi connectivity index (χ1v) is 40.2. The van der Waals surface area contributed by atoms with Gasteiger partial charge in [-0.25, -0.2) is 9.13 Å². The summed E-state index contributed by atoms with van der Waals surface area (Å²) in [4.78, 5) is 72.6. The second-order valence-corrected chi connectivity index (χ2v) is 30.6. The Labute approximate surface area is 556 Å². The van der Waals surface area contributed by atoms with Gasteiger partial charge in [0.1, 0.15) is 19.3 Å². The zero-order chi connectivity index (χ0) is 67.5. The first kappa shape index (κ1) is 89.1. The summed E-state index contributed by atoms with van der Waals surface area (Å²) in [6, 6.07) is 0. The van der Waals surface area contributed by atoms with Crippen molar-refractivity contribution in [1.29, 1.82) is 0 Å². The SMILES string of the molecule is CCC(C)CCCCCCCCC(=O)OC[C@H](COP(=O)(O)OC[C@H](O)COP(=O)(O)OC[C@@H](COC(=O)CCCCCCCCCCCCCCCCC(C)C)OC(=O)CCCCCCCCCCCCCC(C)C)OC(=O)CCCCCCCCCC(C)C. The molecule has 540 valence electrons. The van der Waals surface area contributed by atoms with E-state index in [0.29, 0.717) is 31.6 Å². The number of aliphatic hydroxyl groups is 1. The molecule has 0 radical (unpaired) electrons. The maximum atomic E-state index is 13.0. The fourth-order valence-electron chi connectivity index (χ4n) is 10.8. The molecule has 17 nitrogen and oxygen atoms in total. The van der Waals surface area contributed by atoms with E-state index in [1.54, 1.807) is 0 Å². The Bertz CT molecular complexity index is 1800. The van der Waals surface area contributed by atoms with Crippen molar-refractivity contribution in [1.82, 2.24) is 0 Å². The number of hydrogen-bond donors (Lipinski definition) is 3. The maximum Gasteiger partial charge on any atom is 0.472 e. The molecule has 6 atom stereocenters. The Hall–Kier alpha value is -1.94. The van der Waals surface area contributed by atoms with Crippen LogP contribution < -0.4 is 0 Å². The number of aliphatic hydroxyl groups excluding tert-OH is 1. The summed E-state index contributed by atoms with van der Waals surface area (Å²) >= 11 is 0. The van der Waals surface area contributed by atoms with Crippen LogP contribution in [0.15, 0.2) is 0 Å². The molecular weight excluding hydrogens is 1200 g/mol. The topological polar surface area (TPSA) is 237 Å². The number of ether oxygens (including phenoxy) is 4. The summed E-state index contributed by atoms with van der Waals surface area (Å²) in [6.45, 7) is 14.1. The van der Waals surface area contributed by atoms with E-state index < -0.39 is 97.5 Å². The fraction of sp³-hybridized carbons (Fsp3) is 0.944. The number of rotatable bonds is 69. The van der Waals surface area contributed by atoms with Crippen LogP contribution in [0.4, 0.5) is 0 Å². The van der Waals surface area contributed by atoms with Gasteiger partial charge in [0.2, 0.25) is 0 Å². The van der Waals surface area contributed by atoms with E-state index in [4.69, 9.17) is 37.0 Å². The number of carbonyl (C=O) groups is 4. The van der Waals surface area contributed by atoms with Gasteiger partial charge < -0.3 is 33.8 Å². The van der Waals surface area contributed by atoms with Crippen molar-refractivity contribution in [2.45, 2.75) is 375 Å². The van der Waals surface area contributed by atoms with Crippen molar-refractivity contribution in [3.8, 4) is 0 Å². The molecule has 0 aromatic carbocycles. The summed E-state index contributed by atoms with van der Waals surface area (Å²) in [5, 5.41) is 10.6. The molecule has 0 aliphatic rings. The van der Waals surface area contributed by atoms with Gasteiger partial charge in [0.05, 0.1) is 26.4 Å². The molecule has 0 amide bonds. The zero-order valence-corrected chi connectivity index (χ0v) is 61.3. The molecule has 0 bridgehead atoms. The Morgan fingerprint density at radius 2 is 0.527 bits per heavy atom. The quantitative estimate of drug-likeness (QED) is 0.0222. The van der Waals surface area contributed by atoms with E-state index >= 15 is 0 Å². The third kappa shape index (κ3) is 65.1. The molecule has 19 heteroatoms. The van der Waals surface area contributed by atoms with Crippen LogP contribution in [0.5, 0.6) is 0 Å². The van der Waals surface area contributed by atoms with Crippen molar-refractivity contribution in [3.63, 3.8) is 0 Å². The van der Waals surface area contributed by atoms with Crippen LogP contribution in [0.25, 0.3) is 0 Å². The van der Waals surface area contributed by atoms with Crippen LogP contribution in [0.3, 0.4) is 0 Å². The van der Waals surface area contributed by atoms with Crippen LogP contribution in [-0.4, -0.2) is 96.7 Å². The Morgan fingerprint density at radius 3 is 0.780 bits per heavy atom. The van der Waals surface area contributed by atoms with Gasteiger partial charge in [0, 0.05) is 25.7 Å². The van der Waals surface area contributed by atoms with E-state index in [0.717, 1.165) is 114 Å². The standard InChI is InChI=1S/C72H140O17P2/c1-9-65(8)51-43-35-30-31-37-45-53-70(75)83-59-68(89-72(77)55-47-39-29-23-26-34-42-50-64(6)7)61-87-91(80,81)85-57-66(73)56-84-90(78,79)86-60-67(88-71(76)54-46-38-28-22-18-14-16-20-25-33-41-49-63(4)5)58-82-69(74)52-44-36-27-21-17-13-11-10-12-15-19-24-32-40-48-62(2)3/h62-68,73H,9-61H2,1-8H3,(H,78,79)(H,80,81)/t65?,66-,67-,68-/m1/s1. The van der Waals surface area contributed by atoms with Crippen LogP contribution in [0.1, 0.15) is 357 Å². The second kappa shape index (κ2) is 61.6. The number of carbonyl (C=O) groups excluding carboxylic acids is 4. The highest BCUT2D eigenvalue weighted by Gasteiger charge is 2.30. The Morgan fingerprint density at radius 1 is 0.308 bits per heavy atom. The summed E-state index contributed by atoms with van der Waals surface area (Å²) in [5.41, 5.74) is 0. The minimum atomic E-state index is -4.95. The molecular formula is C72H140O17P2. The molecule has 91 heavy (non-hydrogen) atoms. The molecule has 0 fully saturated rings. The highest BCUT2D eigenvalue weighted by molar-refractivity contribution is 7.47. The predicted molar refractivity (Wildman–Crippen MR) is 367 cm³/mol. The Balaban J connectivity index is 5.23. The van der Waals surface area contributed by atoms with Crippen molar-refractivity contribution < 1.29 is 80.2 Å². The number of phosphoric acid groups is 2. The summed E-state index contributed by atoms with van der Waals surface area (Å²) in [5.74, 6) is 0.862. The first-order chi connectivity index (χ1) is 43.6. The van der Waals surface area contributed by atoms with E-state index in [-0.39, 0.29) is 25.7 Å². The smallest absolute Gasteiger partial charge is 0.462 e. The first-order valence-electron chi connectivity index (χ1n) is 37.2. The van der Waals surface area contributed by atoms with Gasteiger partial charge >= 0.3 is 39.5 Å². The van der Waals surface area contributed by atoms with Crippen LogP contribution in [-0.2, 0) is 65.4 Å². The monoisotopic (exact) mass is 1340 g/mol. The molecule has 0 heterocycles. The van der Waals surface area contributed by atoms with Crippen LogP contribution in [0, 0.1) is 23.7 Å². The van der Waals surface area contributed by atoms with Gasteiger partial charge in [0.15, 0.2) is 12.2 Å². The van der Waals surface area contributed by atoms with Crippen LogP contribution >= 0.6 is 15.6 Å². The van der Waals surface area contributed by atoms with E-state index in [1.807, 2.05) is 0 Å². The summed E-state index contributed by atoms with van der Waals surface area (Å²) in [7, 11) is -9.90. The molecule has 0 saturated heterocycles. The molecule has 3 unspecified atom stereocenters. The van der Waals surface area contributed by atoms with Crippen molar-refractivity contribution in [3.05, 3.63) is 0 Å². The van der Waals surface area contributed by atoms with Gasteiger partial charge in [-0.1, -0.05) is 306 Å². The molecule has 0 aliphatic heterocycles. The third-order valence-corrected chi connectivity index (χ3v) is 18.8. The lowest BCUT2D eigenvalue weighted by Gasteiger charge is -2.21. The average Bonchev–Trinajstić information content (AvgIpc) is 3.34. The van der Waals surface area contributed by atoms with Gasteiger partial charge in [0.25, 0.3) is 0 Å². The summed E-state index contributed by atoms with van der Waals surface area (Å²) in [6.07, 6.45) is 44.6. The van der Waals surface area contributed by atoms with E-state index in [9.17, 15) is 43.2 Å². The number of esters is 4. The predicted octanol–water partition coefficient (Wildman–Crippen LogP) is 20.5. The molecule has 0 aromatic rings. The van der Waals surface area contributed by atoms with E-state index in [1.165, 1.54) is 154 Å². The van der Waals surface area contributed by atoms with Gasteiger partial charge in [-0.15, -0.1) is 0 Å². The highest BCUT2D eigenvalue weighted by atomic mass is 31.2. The number of phosphoric ester groups is 2. The molecule has 0 rings (SSSR count). The lowest BCUT2D eigenvalue weighted by atomic mass is 10.00. The van der Waals surface area contributed by atoms with Gasteiger partial charge in [-0.05, 0) is 49.4 Å². The number of hydrogen-bond acceptors (Lipinski definition) is 15.